The highest BCUT2D eigenvalue weighted by atomic mass is 32.1. The van der Waals surface area contributed by atoms with Gasteiger partial charge in [-0.1, -0.05) is 18.2 Å². The maximum absolute atomic E-state index is 11.6. The number of ether oxygens (including phenoxy) is 1. The summed E-state index contributed by atoms with van der Waals surface area (Å²) in [7, 11) is 1.41. The van der Waals surface area contributed by atoms with Crippen molar-refractivity contribution in [1.29, 1.82) is 0 Å². The van der Waals surface area contributed by atoms with Crippen LogP contribution in [0.4, 0.5) is 22.2 Å². The molecule has 30 heavy (non-hydrogen) atoms. The Balaban J connectivity index is 1.31. The highest BCUT2D eigenvalue weighted by molar-refractivity contribution is 7.17. The lowest BCUT2D eigenvalue weighted by Crippen LogP contribution is -2.34. The Hall–Kier alpha value is -3.13. The van der Waals surface area contributed by atoms with Crippen molar-refractivity contribution in [1.82, 2.24) is 14.9 Å². The lowest BCUT2D eigenvalue weighted by atomic mass is 9.99. The maximum atomic E-state index is 11.6. The minimum absolute atomic E-state index is 0.275. The van der Waals surface area contributed by atoms with Crippen LogP contribution in [0.3, 0.4) is 0 Å². The van der Waals surface area contributed by atoms with E-state index in [4.69, 9.17) is 9.72 Å². The van der Waals surface area contributed by atoms with Gasteiger partial charge in [-0.2, -0.15) is 4.98 Å². The summed E-state index contributed by atoms with van der Waals surface area (Å²) in [6, 6.07) is 10.8. The molecular formula is C22H23N5O2S. The van der Waals surface area contributed by atoms with Crippen LogP contribution in [-0.4, -0.2) is 47.2 Å². The fourth-order valence-corrected chi connectivity index (χ4v) is 4.34. The molecule has 2 aliphatic rings. The molecule has 0 atom stereocenters. The van der Waals surface area contributed by atoms with Crippen LogP contribution in [0, 0.1) is 0 Å². The first-order chi connectivity index (χ1) is 14.7. The molecule has 7 nitrogen and oxygen atoms in total. The van der Waals surface area contributed by atoms with Gasteiger partial charge in [-0.15, -0.1) is 11.3 Å². The van der Waals surface area contributed by atoms with Crippen LogP contribution in [0.15, 0.2) is 41.8 Å². The Bertz CT molecular complexity index is 1100. The van der Waals surface area contributed by atoms with Crippen molar-refractivity contribution in [2.24, 2.45) is 0 Å². The molecule has 3 aromatic rings. The molecule has 1 amide bonds. The number of benzene rings is 1. The number of thiophene rings is 1. The van der Waals surface area contributed by atoms with E-state index in [0.717, 1.165) is 33.7 Å². The van der Waals surface area contributed by atoms with Crippen molar-refractivity contribution in [2.75, 3.05) is 30.8 Å². The van der Waals surface area contributed by atoms with Crippen molar-refractivity contribution < 1.29 is 9.53 Å². The lowest BCUT2D eigenvalue weighted by Gasteiger charge is -2.25. The van der Waals surface area contributed by atoms with Gasteiger partial charge in [0, 0.05) is 24.8 Å². The second kappa shape index (κ2) is 7.95. The van der Waals surface area contributed by atoms with E-state index in [9.17, 15) is 4.79 Å². The first-order valence-corrected chi connectivity index (χ1v) is 11.0. The standard InChI is InChI=1S/C22H23N5O2S/c1-29-22(28)27-11-8-15(9-12-27)14-2-4-17(5-3-14)24-21-25-18-10-13-30-19(18)20(26-21)23-16-6-7-16/h2-5,8,10,13,16H,6-7,9,11-12H2,1H3,(H2,23,24,25,26). The number of nitrogens with one attached hydrogen (secondary N) is 2. The van der Waals surface area contributed by atoms with E-state index in [1.807, 2.05) is 18.2 Å². The molecule has 1 saturated carbocycles. The Morgan fingerprint density at radius 2 is 2.03 bits per heavy atom. The molecule has 1 aliphatic heterocycles. The third-order valence-electron chi connectivity index (χ3n) is 5.38. The van der Waals surface area contributed by atoms with Crippen LogP contribution in [-0.2, 0) is 4.74 Å². The van der Waals surface area contributed by atoms with Gasteiger partial charge in [0.05, 0.1) is 17.3 Å². The van der Waals surface area contributed by atoms with Gasteiger partial charge in [0.25, 0.3) is 0 Å². The van der Waals surface area contributed by atoms with E-state index >= 15 is 0 Å². The number of hydrogen-bond donors (Lipinski definition) is 2. The molecular weight excluding hydrogens is 398 g/mol. The number of aromatic nitrogens is 2. The Morgan fingerprint density at radius 1 is 1.20 bits per heavy atom. The molecule has 3 heterocycles. The molecule has 0 bridgehead atoms. The highest BCUT2D eigenvalue weighted by Crippen LogP contribution is 2.32. The molecule has 0 unspecified atom stereocenters. The largest absolute Gasteiger partial charge is 0.453 e. The summed E-state index contributed by atoms with van der Waals surface area (Å²) in [5, 5.41) is 8.90. The number of methoxy groups -OCH3 is 1. The Kier molecular flexibility index (Phi) is 5.00. The van der Waals surface area contributed by atoms with Gasteiger partial charge in [0.1, 0.15) is 5.82 Å². The predicted octanol–water partition coefficient (Wildman–Crippen LogP) is 4.86. The predicted molar refractivity (Wildman–Crippen MR) is 120 cm³/mol. The zero-order valence-corrected chi connectivity index (χ0v) is 17.5. The van der Waals surface area contributed by atoms with E-state index in [1.54, 1.807) is 16.2 Å². The van der Waals surface area contributed by atoms with Crippen LogP contribution in [0.25, 0.3) is 15.8 Å². The molecule has 0 spiro atoms. The van der Waals surface area contributed by atoms with Crippen molar-refractivity contribution in [2.45, 2.75) is 25.3 Å². The van der Waals surface area contributed by atoms with E-state index in [2.05, 4.69) is 39.2 Å². The van der Waals surface area contributed by atoms with E-state index in [0.29, 0.717) is 25.1 Å². The third kappa shape index (κ3) is 3.95. The van der Waals surface area contributed by atoms with Gasteiger partial charge in [0.15, 0.2) is 0 Å². The number of fused-ring (bicyclic) bond motifs is 1. The fourth-order valence-electron chi connectivity index (χ4n) is 3.56. The molecule has 0 radical (unpaired) electrons. The molecule has 154 valence electrons. The van der Waals surface area contributed by atoms with Crippen LogP contribution in [0.5, 0.6) is 0 Å². The average Bonchev–Trinajstić information content (AvgIpc) is 3.47. The lowest BCUT2D eigenvalue weighted by molar-refractivity contribution is 0.128. The Labute approximate surface area is 178 Å². The molecule has 2 N–H and O–H groups in total. The second-order valence-corrected chi connectivity index (χ2v) is 8.46. The van der Waals surface area contributed by atoms with Gasteiger partial charge < -0.3 is 20.3 Å². The van der Waals surface area contributed by atoms with Crippen molar-refractivity contribution in [3.05, 3.63) is 47.4 Å². The zero-order valence-electron chi connectivity index (χ0n) is 16.7. The number of anilines is 3. The Morgan fingerprint density at radius 3 is 2.73 bits per heavy atom. The van der Waals surface area contributed by atoms with Gasteiger partial charge in [-0.05, 0) is 54.0 Å². The van der Waals surface area contributed by atoms with Gasteiger partial charge in [-0.3, -0.25) is 0 Å². The maximum Gasteiger partial charge on any atom is 0.409 e. The number of hydrogen-bond acceptors (Lipinski definition) is 7. The minimum Gasteiger partial charge on any atom is -0.453 e. The van der Waals surface area contributed by atoms with E-state index < -0.39 is 0 Å². The van der Waals surface area contributed by atoms with E-state index in [1.165, 1.54) is 25.5 Å². The second-order valence-electron chi connectivity index (χ2n) is 7.55. The normalized spacial score (nSPS) is 16.3. The summed E-state index contributed by atoms with van der Waals surface area (Å²) in [4.78, 5) is 22.7. The highest BCUT2D eigenvalue weighted by Gasteiger charge is 2.23. The summed E-state index contributed by atoms with van der Waals surface area (Å²) < 4.78 is 5.90. The van der Waals surface area contributed by atoms with E-state index in [-0.39, 0.29) is 6.09 Å². The molecule has 2 aromatic heterocycles. The average molecular weight is 422 g/mol. The molecule has 1 aromatic carbocycles. The summed E-state index contributed by atoms with van der Waals surface area (Å²) in [5.41, 5.74) is 4.31. The fraction of sp³-hybridized carbons (Fsp3) is 0.318. The number of carbonyl (C=O) groups is 1. The molecule has 5 rings (SSSR count). The molecule has 1 aliphatic carbocycles. The van der Waals surface area contributed by atoms with Crippen LogP contribution in [0.2, 0.25) is 0 Å². The SMILES string of the molecule is COC(=O)N1CC=C(c2ccc(Nc3nc(NC4CC4)c4sccc4n3)cc2)CC1. The van der Waals surface area contributed by atoms with Gasteiger partial charge >= 0.3 is 6.09 Å². The number of rotatable bonds is 5. The minimum atomic E-state index is -0.275. The first-order valence-electron chi connectivity index (χ1n) is 10.1. The number of amides is 1. The summed E-state index contributed by atoms with van der Waals surface area (Å²) >= 11 is 1.67. The van der Waals surface area contributed by atoms with Crippen LogP contribution < -0.4 is 10.6 Å². The molecule has 0 saturated heterocycles. The zero-order chi connectivity index (χ0) is 20.5. The van der Waals surface area contributed by atoms with Crippen LogP contribution >= 0.6 is 11.3 Å². The summed E-state index contributed by atoms with van der Waals surface area (Å²) in [5.74, 6) is 1.52. The van der Waals surface area contributed by atoms with Crippen LogP contribution in [0.1, 0.15) is 24.8 Å². The van der Waals surface area contributed by atoms with Crippen molar-refractivity contribution in [3.63, 3.8) is 0 Å². The number of carbonyl (C=O) groups excluding carboxylic acids is 1. The topological polar surface area (TPSA) is 79.4 Å². The van der Waals surface area contributed by atoms with Crippen molar-refractivity contribution >= 4 is 50.7 Å². The van der Waals surface area contributed by atoms with Gasteiger partial charge in [0.2, 0.25) is 5.95 Å². The van der Waals surface area contributed by atoms with Crippen molar-refractivity contribution in [3.8, 4) is 0 Å². The number of nitrogens with zero attached hydrogens (tertiary/aromatic N) is 3. The molecule has 8 heteroatoms. The monoisotopic (exact) mass is 421 g/mol. The van der Waals surface area contributed by atoms with Gasteiger partial charge in [-0.25, -0.2) is 9.78 Å². The summed E-state index contributed by atoms with van der Waals surface area (Å²) in [6.07, 6.45) is 5.04. The molecule has 1 fully saturated rings. The third-order valence-corrected chi connectivity index (χ3v) is 6.29. The smallest absolute Gasteiger partial charge is 0.409 e. The first kappa shape index (κ1) is 18.9. The quantitative estimate of drug-likeness (QED) is 0.612. The summed E-state index contributed by atoms with van der Waals surface area (Å²) in [6.45, 7) is 1.25.